The third-order valence-corrected chi connectivity index (χ3v) is 2.77. The first kappa shape index (κ1) is 11.7. The molecule has 0 radical (unpaired) electrons. The van der Waals surface area contributed by atoms with E-state index in [1.807, 2.05) is 0 Å². The highest BCUT2D eigenvalue weighted by atomic mass is 32.2. The van der Waals surface area contributed by atoms with Crippen LogP contribution in [0.4, 0.5) is 0 Å². The van der Waals surface area contributed by atoms with Crippen molar-refractivity contribution in [1.82, 2.24) is 0 Å². The molecule has 5 heteroatoms. The standard InChI is InChI=1S/C9H16O4S/c1-3-4-8-7-12-6-5-9(8)13-14(2,10)11/h3,8-9H,1,4-7H2,2H3/t8-,9+/m1/s1. The van der Waals surface area contributed by atoms with Crippen molar-refractivity contribution in [3.8, 4) is 0 Å². The summed E-state index contributed by atoms with van der Waals surface area (Å²) >= 11 is 0. The Balaban J connectivity index is 2.58. The van der Waals surface area contributed by atoms with Gasteiger partial charge in [-0.15, -0.1) is 6.58 Å². The molecule has 0 aromatic rings. The number of allylic oxidation sites excluding steroid dienone is 1. The summed E-state index contributed by atoms with van der Waals surface area (Å²) in [5.74, 6) is 0.107. The van der Waals surface area contributed by atoms with Crippen LogP contribution in [0.5, 0.6) is 0 Å². The molecule has 0 aliphatic carbocycles. The van der Waals surface area contributed by atoms with Gasteiger partial charge in [0.1, 0.15) is 0 Å². The number of rotatable bonds is 4. The van der Waals surface area contributed by atoms with Gasteiger partial charge in [0.2, 0.25) is 0 Å². The molecule has 1 aliphatic heterocycles. The van der Waals surface area contributed by atoms with Crippen LogP contribution in [0.25, 0.3) is 0 Å². The smallest absolute Gasteiger partial charge is 0.264 e. The van der Waals surface area contributed by atoms with E-state index < -0.39 is 10.1 Å². The Morgan fingerprint density at radius 3 is 2.93 bits per heavy atom. The van der Waals surface area contributed by atoms with Crippen molar-refractivity contribution < 1.29 is 17.3 Å². The van der Waals surface area contributed by atoms with E-state index in [4.69, 9.17) is 8.92 Å². The molecule has 1 heterocycles. The predicted molar refractivity (Wildman–Crippen MR) is 53.5 cm³/mol. The van der Waals surface area contributed by atoms with Gasteiger partial charge in [-0.1, -0.05) is 6.08 Å². The third-order valence-electron chi connectivity index (χ3n) is 2.17. The molecule has 0 spiro atoms. The topological polar surface area (TPSA) is 52.6 Å². The van der Waals surface area contributed by atoms with Crippen LogP contribution in [0, 0.1) is 5.92 Å². The van der Waals surface area contributed by atoms with E-state index in [0.29, 0.717) is 19.6 Å². The van der Waals surface area contributed by atoms with E-state index in [9.17, 15) is 8.42 Å². The summed E-state index contributed by atoms with van der Waals surface area (Å²) in [4.78, 5) is 0. The molecule has 0 N–H and O–H groups in total. The van der Waals surface area contributed by atoms with Crippen molar-refractivity contribution in [1.29, 1.82) is 0 Å². The normalized spacial score (nSPS) is 28.6. The van der Waals surface area contributed by atoms with E-state index >= 15 is 0 Å². The predicted octanol–water partition coefficient (Wildman–Crippen LogP) is 0.944. The molecule has 0 saturated carbocycles. The molecule has 1 aliphatic rings. The maximum Gasteiger partial charge on any atom is 0.264 e. The van der Waals surface area contributed by atoms with Gasteiger partial charge in [-0.2, -0.15) is 8.42 Å². The summed E-state index contributed by atoms with van der Waals surface area (Å²) < 4.78 is 32.2. The zero-order valence-corrected chi connectivity index (χ0v) is 9.13. The SMILES string of the molecule is C=CC[C@@H]1COCC[C@@H]1OS(C)(=O)=O. The van der Waals surface area contributed by atoms with Crippen molar-refractivity contribution in [2.24, 2.45) is 5.92 Å². The second-order valence-electron chi connectivity index (χ2n) is 3.49. The van der Waals surface area contributed by atoms with E-state index in [1.54, 1.807) is 6.08 Å². The van der Waals surface area contributed by atoms with Crippen molar-refractivity contribution in [3.05, 3.63) is 12.7 Å². The zero-order chi connectivity index (χ0) is 10.6. The Bertz CT molecular complexity index is 283. The summed E-state index contributed by atoms with van der Waals surface area (Å²) in [6, 6.07) is 0. The minimum atomic E-state index is -3.36. The lowest BCUT2D eigenvalue weighted by molar-refractivity contribution is -0.0192. The van der Waals surface area contributed by atoms with Crippen molar-refractivity contribution in [2.45, 2.75) is 18.9 Å². The van der Waals surface area contributed by atoms with Gasteiger partial charge in [-0.05, 0) is 12.8 Å². The fourth-order valence-corrected chi connectivity index (χ4v) is 2.26. The lowest BCUT2D eigenvalue weighted by Gasteiger charge is -2.29. The summed E-state index contributed by atoms with van der Waals surface area (Å²) in [7, 11) is -3.36. The maximum absolute atomic E-state index is 11.0. The molecule has 0 aromatic heterocycles. The summed E-state index contributed by atoms with van der Waals surface area (Å²) in [5.41, 5.74) is 0. The van der Waals surface area contributed by atoms with E-state index in [-0.39, 0.29) is 12.0 Å². The van der Waals surface area contributed by atoms with Gasteiger partial charge in [0.15, 0.2) is 0 Å². The Kier molecular flexibility index (Phi) is 4.10. The lowest BCUT2D eigenvalue weighted by Crippen LogP contribution is -2.35. The minimum absolute atomic E-state index is 0.107. The molecule has 0 amide bonds. The average Bonchev–Trinajstić information content (AvgIpc) is 2.06. The third kappa shape index (κ3) is 3.77. The Labute approximate surface area is 85.0 Å². The van der Waals surface area contributed by atoms with E-state index in [0.717, 1.165) is 12.7 Å². The Hall–Kier alpha value is -0.390. The molecule has 1 fully saturated rings. The van der Waals surface area contributed by atoms with Crippen LogP contribution in [-0.2, 0) is 19.0 Å². The van der Waals surface area contributed by atoms with Gasteiger partial charge in [-0.3, -0.25) is 4.18 Å². The highest BCUT2D eigenvalue weighted by Gasteiger charge is 2.28. The van der Waals surface area contributed by atoms with Gasteiger partial charge in [0, 0.05) is 12.5 Å². The van der Waals surface area contributed by atoms with Gasteiger partial charge < -0.3 is 4.74 Å². The Morgan fingerprint density at radius 1 is 1.64 bits per heavy atom. The van der Waals surface area contributed by atoms with Crippen LogP contribution in [-0.4, -0.2) is 34.0 Å². The number of ether oxygens (including phenoxy) is 1. The van der Waals surface area contributed by atoms with E-state index in [2.05, 4.69) is 6.58 Å². The highest BCUT2D eigenvalue weighted by molar-refractivity contribution is 7.86. The zero-order valence-electron chi connectivity index (χ0n) is 8.31. The minimum Gasteiger partial charge on any atom is -0.381 e. The van der Waals surface area contributed by atoms with Crippen LogP contribution in [0.2, 0.25) is 0 Å². The molecule has 82 valence electrons. The van der Waals surface area contributed by atoms with E-state index in [1.165, 1.54) is 0 Å². The summed E-state index contributed by atoms with van der Waals surface area (Å²) in [5, 5.41) is 0. The molecular weight excluding hydrogens is 204 g/mol. The van der Waals surface area contributed by atoms with Crippen molar-refractivity contribution >= 4 is 10.1 Å². The fraction of sp³-hybridized carbons (Fsp3) is 0.778. The maximum atomic E-state index is 11.0. The summed E-state index contributed by atoms with van der Waals surface area (Å²) in [6.45, 7) is 4.74. The van der Waals surface area contributed by atoms with Gasteiger partial charge in [0.25, 0.3) is 10.1 Å². The molecule has 1 saturated heterocycles. The number of hydrogen-bond donors (Lipinski definition) is 0. The molecule has 2 atom stereocenters. The Morgan fingerprint density at radius 2 is 2.36 bits per heavy atom. The van der Waals surface area contributed by atoms with Crippen molar-refractivity contribution in [3.63, 3.8) is 0 Å². The first-order valence-electron chi connectivity index (χ1n) is 4.60. The summed E-state index contributed by atoms with van der Waals surface area (Å²) in [6.07, 6.45) is 3.94. The van der Waals surface area contributed by atoms with Gasteiger partial charge in [-0.25, -0.2) is 0 Å². The second kappa shape index (κ2) is 4.91. The van der Waals surface area contributed by atoms with Crippen LogP contribution in [0.1, 0.15) is 12.8 Å². The fourth-order valence-electron chi connectivity index (χ4n) is 1.56. The second-order valence-corrected chi connectivity index (χ2v) is 5.09. The van der Waals surface area contributed by atoms with Crippen LogP contribution >= 0.6 is 0 Å². The van der Waals surface area contributed by atoms with Crippen LogP contribution < -0.4 is 0 Å². The highest BCUT2D eigenvalue weighted by Crippen LogP contribution is 2.22. The lowest BCUT2D eigenvalue weighted by atomic mass is 9.95. The molecule has 4 nitrogen and oxygen atoms in total. The quantitative estimate of drug-likeness (QED) is 0.522. The average molecular weight is 220 g/mol. The number of hydrogen-bond acceptors (Lipinski definition) is 4. The molecule has 1 rings (SSSR count). The monoisotopic (exact) mass is 220 g/mol. The molecule has 0 unspecified atom stereocenters. The first-order chi connectivity index (χ1) is 6.53. The molecule has 0 aromatic carbocycles. The van der Waals surface area contributed by atoms with Crippen molar-refractivity contribution in [2.75, 3.05) is 19.5 Å². The van der Waals surface area contributed by atoms with Gasteiger partial charge in [0.05, 0.1) is 19.0 Å². The van der Waals surface area contributed by atoms with Gasteiger partial charge >= 0.3 is 0 Å². The largest absolute Gasteiger partial charge is 0.381 e. The molecule has 14 heavy (non-hydrogen) atoms. The van der Waals surface area contributed by atoms with Crippen LogP contribution in [0.3, 0.4) is 0 Å². The van der Waals surface area contributed by atoms with Crippen LogP contribution in [0.15, 0.2) is 12.7 Å². The molecule has 0 bridgehead atoms. The first-order valence-corrected chi connectivity index (χ1v) is 6.41. The molecular formula is C9H16O4S.